The molecule has 4 aliphatic rings. The third kappa shape index (κ3) is 1.48. The van der Waals surface area contributed by atoms with E-state index in [9.17, 15) is 4.79 Å². The van der Waals surface area contributed by atoms with Gasteiger partial charge in [-0.3, -0.25) is 4.79 Å². The minimum atomic E-state index is -1.49. The van der Waals surface area contributed by atoms with E-state index in [1.165, 1.54) is 6.92 Å². The van der Waals surface area contributed by atoms with Crippen molar-refractivity contribution in [2.75, 3.05) is 0 Å². The van der Waals surface area contributed by atoms with Crippen LogP contribution in [0.4, 0.5) is 0 Å². The summed E-state index contributed by atoms with van der Waals surface area (Å²) < 4.78 is 3.96. The molecule has 0 heterocycles. The van der Waals surface area contributed by atoms with Crippen molar-refractivity contribution in [2.24, 2.45) is 23.7 Å². The molecular weight excluding hydrogens is 413 g/mol. The molecule has 122 valence electrons. The maximum absolute atomic E-state index is 11.3. The van der Waals surface area contributed by atoms with Crippen LogP contribution in [-0.4, -0.2) is 26.2 Å². The lowest BCUT2D eigenvalue weighted by Gasteiger charge is -2.41. The van der Waals surface area contributed by atoms with Gasteiger partial charge in [0.2, 0.25) is 0 Å². The van der Waals surface area contributed by atoms with Gasteiger partial charge < -0.3 is 4.74 Å². The Bertz CT molecular complexity index is 618. The summed E-state index contributed by atoms with van der Waals surface area (Å²) in [5.41, 5.74) is 0. The summed E-state index contributed by atoms with van der Waals surface area (Å²) in [5, 5.41) is 0.486. The standard InChI is InChI=1S/C14H12Cl6O2/c1-4(21)22-7-3-5-2-6(7)9-8(5)12(17)10(15)11(16)13(9,18)14(12,19)20/h5-9H,2-3H2,1H3. The van der Waals surface area contributed by atoms with Crippen molar-refractivity contribution in [3.63, 3.8) is 0 Å². The molecule has 0 aromatic rings. The SMILES string of the molecule is CC(=O)OC1CC2CC1C1C2C2(Cl)C(Cl)=C(Cl)C1(Cl)C2(Cl)Cl. The summed E-state index contributed by atoms with van der Waals surface area (Å²) in [4.78, 5) is 8.91. The Balaban J connectivity index is 1.83. The number of alkyl halides is 4. The Morgan fingerprint density at radius 1 is 1.05 bits per heavy atom. The average Bonchev–Trinajstić information content (AvgIpc) is 3.04. The van der Waals surface area contributed by atoms with Crippen molar-refractivity contribution < 1.29 is 9.53 Å². The molecule has 0 aromatic carbocycles. The maximum Gasteiger partial charge on any atom is 0.302 e. The van der Waals surface area contributed by atoms with Gasteiger partial charge in [-0.05, 0) is 30.6 Å². The summed E-state index contributed by atoms with van der Waals surface area (Å²) >= 11 is 39.7. The van der Waals surface area contributed by atoms with Crippen LogP contribution in [0, 0.1) is 23.7 Å². The smallest absolute Gasteiger partial charge is 0.302 e. The van der Waals surface area contributed by atoms with E-state index in [-0.39, 0.29) is 45.8 Å². The number of carbonyl (C=O) groups is 1. The molecule has 4 rings (SSSR count). The van der Waals surface area contributed by atoms with Crippen LogP contribution >= 0.6 is 69.6 Å². The van der Waals surface area contributed by atoms with Crippen LogP contribution in [0.25, 0.3) is 0 Å². The van der Waals surface area contributed by atoms with Gasteiger partial charge >= 0.3 is 5.97 Å². The van der Waals surface area contributed by atoms with Gasteiger partial charge in [0, 0.05) is 12.8 Å². The predicted molar refractivity (Wildman–Crippen MR) is 89.1 cm³/mol. The normalized spacial score (nSPS) is 54.0. The fourth-order valence-corrected chi connectivity index (χ4v) is 8.49. The number of fused-ring (bicyclic) bond motifs is 9. The molecule has 0 amide bonds. The Hall–Kier alpha value is 0.950. The third-order valence-electron chi connectivity index (χ3n) is 5.92. The molecule has 3 saturated carbocycles. The first-order valence-electron chi connectivity index (χ1n) is 7.07. The Morgan fingerprint density at radius 2 is 1.59 bits per heavy atom. The summed E-state index contributed by atoms with van der Waals surface area (Å²) in [6.07, 6.45) is 1.42. The minimum absolute atomic E-state index is 0.0485. The molecule has 0 spiro atoms. The molecule has 22 heavy (non-hydrogen) atoms. The average molecular weight is 425 g/mol. The van der Waals surface area contributed by atoms with Gasteiger partial charge in [0.1, 0.15) is 15.9 Å². The van der Waals surface area contributed by atoms with Crippen LogP contribution in [0.15, 0.2) is 10.1 Å². The fraction of sp³-hybridized carbons (Fsp3) is 0.786. The largest absolute Gasteiger partial charge is 0.462 e. The molecule has 4 bridgehead atoms. The van der Waals surface area contributed by atoms with E-state index in [1.54, 1.807) is 0 Å². The van der Waals surface area contributed by atoms with Gasteiger partial charge in [-0.1, -0.05) is 46.4 Å². The Labute approximate surface area is 158 Å². The van der Waals surface area contributed by atoms with Crippen molar-refractivity contribution in [2.45, 2.75) is 40.0 Å². The second kappa shape index (κ2) is 4.56. The molecule has 7 unspecified atom stereocenters. The van der Waals surface area contributed by atoms with Gasteiger partial charge in [-0.2, -0.15) is 0 Å². The number of hydrogen-bond acceptors (Lipinski definition) is 2. The molecule has 8 heteroatoms. The van der Waals surface area contributed by atoms with E-state index < -0.39 is 14.1 Å². The summed E-state index contributed by atoms with van der Waals surface area (Å²) in [5.74, 6) is -0.252. The van der Waals surface area contributed by atoms with Gasteiger partial charge in [0.15, 0.2) is 4.33 Å². The lowest BCUT2D eigenvalue weighted by Crippen LogP contribution is -2.46. The summed E-state index contributed by atoms with van der Waals surface area (Å²) in [6, 6.07) is 0. The highest BCUT2D eigenvalue weighted by Gasteiger charge is 2.86. The molecule has 0 N–H and O–H groups in total. The monoisotopic (exact) mass is 422 g/mol. The highest BCUT2D eigenvalue weighted by molar-refractivity contribution is 6.65. The zero-order valence-electron chi connectivity index (χ0n) is 11.4. The second-order valence-corrected chi connectivity index (χ2v) is 10.00. The van der Waals surface area contributed by atoms with Crippen LogP contribution in [0.2, 0.25) is 0 Å². The van der Waals surface area contributed by atoms with Gasteiger partial charge in [-0.15, -0.1) is 23.2 Å². The van der Waals surface area contributed by atoms with E-state index >= 15 is 0 Å². The Kier molecular flexibility index (Phi) is 3.41. The number of ether oxygens (including phenoxy) is 1. The number of rotatable bonds is 1. The first-order chi connectivity index (χ1) is 10.1. The minimum Gasteiger partial charge on any atom is -0.462 e. The second-order valence-electron chi connectivity index (χ2n) is 6.72. The van der Waals surface area contributed by atoms with Crippen molar-refractivity contribution in [3.8, 4) is 0 Å². The topological polar surface area (TPSA) is 26.3 Å². The molecule has 0 radical (unpaired) electrons. The van der Waals surface area contributed by atoms with Crippen LogP contribution in [-0.2, 0) is 9.53 Å². The lowest BCUT2D eigenvalue weighted by atomic mass is 9.71. The number of hydrogen-bond donors (Lipinski definition) is 0. The zero-order chi connectivity index (χ0) is 16.2. The van der Waals surface area contributed by atoms with Crippen LogP contribution in [0.1, 0.15) is 19.8 Å². The van der Waals surface area contributed by atoms with E-state index in [0.717, 1.165) is 12.8 Å². The van der Waals surface area contributed by atoms with Crippen molar-refractivity contribution in [3.05, 3.63) is 10.1 Å². The highest BCUT2D eigenvalue weighted by Crippen LogP contribution is 2.82. The molecule has 0 aromatic heterocycles. The van der Waals surface area contributed by atoms with Crippen LogP contribution in [0.3, 0.4) is 0 Å². The van der Waals surface area contributed by atoms with Crippen molar-refractivity contribution in [1.82, 2.24) is 0 Å². The number of esters is 1. The van der Waals surface area contributed by atoms with Gasteiger partial charge in [-0.25, -0.2) is 0 Å². The van der Waals surface area contributed by atoms with E-state index in [1.807, 2.05) is 0 Å². The van der Waals surface area contributed by atoms with E-state index in [0.29, 0.717) is 0 Å². The van der Waals surface area contributed by atoms with Gasteiger partial charge in [0.05, 0.1) is 10.1 Å². The number of halogens is 6. The number of allylic oxidation sites excluding steroid dienone is 2. The van der Waals surface area contributed by atoms with Crippen molar-refractivity contribution >= 4 is 75.6 Å². The molecule has 0 aliphatic heterocycles. The third-order valence-corrected chi connectivity index (χ3v) is 10.2. The molecule has 7 atom stereocenters. The molecule has 2 nitrogen and oxygen atoms in total. The molecule has 0 saturated heterocycles. The number of carbonyl (C=O) groups excluding carboxylic acids is 1. The summed E-state index contributed by atoms with van der Waals surface area (Å²) in [6.45, 7) is 1.40. The zero-order valence-corrected chi connectivity index (χ0v) is 15.9. The Morgan fingerprint density at radius 3 is 2.14 bits per heavy atom. The lowest BCUT2D eigenvalue weighted by molar-refractivity contribution is -0.150. The quantitative estimate of drug-likeness (QED) is 0.335. The molecule has 4 aliphatic carbocycles. The summed E-state index contributed by atoms with van der Waals surface area (Å²) in [7, 11) is 0. The fourth-order valence-electron chi connectivity index (χ4n) is 5.34. The van der Waals surface area contributed by atoms with E-state index in [4.69, 9.17) is 74.3 Å². The van der Waals surface area contributed by atoms with Crippen molar-refractivity contribution in [1.29, 1.82) is 0 Å². The van der Waals surface area contributed by atoms with Crippen LogP contribution < -0.4 is 0 Å². The predicted octanol–water partition coefficient (Wildman–Crippen LogP) is 5.04. The molecular formula is C14H12Cl6O2. The maximum atomic E-state index is 11.3. The molecule has 3 fully saturated rings. The van der Waals surface area contributed by atoms with Crippen LogP contribution in [0.5, 0.6) is 0 Å². The van der Waals surface area contributed by atoms with Gasteiger partial charge in [0.25, 0.3) is 0 Å². The first kappa shape index (κ1) is 16.4. The first-order valence-corrected chi connectivity index (χ1v) is 9.34. The van der Waals surface area contributed by atoms with E-state index in [2.05, 4.69) is 0 Å². The highest BCUT2D eigenvalue weighted by atomic mass is 35.5.